The Kier molecular flexibility index (Phi) is 9.14. The van der Waals surface area contributed by atoms with Crippen LogP contribution < -0.4 is 0 Å². The van der Waals surface area contributed by atoms with Gasteiger partial charge in [-0.3, -0.25) is 0 Å². The van der Waals surface area contributed by atoms with Crippen molar-refractivity contribution in [3.05, 3.63) is 237 Å². The van der Waals surface area contributed by atoms with Crippen LogP contribution in [0.2, 0.25) is 0 Å². The number of furan rings is 1. The summed E-state index contributed by atoms with van der Waals surface area (Å²) in [6.45, 7) is 0. The van der Waals surface area contributed by atoms with Crippen molar-refractivity contribution in [2.45, 2.75) is 0 Å². The Morgan fingerprint density at radius 2 is 0.836 bits per heavy atom. The van der Waals surface area contributed by atoms with Gasteiger partial charge in [0.15, 0.2) is 5.82 Å². The second kappa shape index (κ2) is 15.9. The minimum Gasteiger partial charge on any atom is -0.456 e. The van der Waals surface area contributed by atoms with E-state index >= 15 is 0 Å². The zero-order valence-electron chi connectivity index (χ0n) is 36.3. The monoisotopic (exact) mass is 853 g/mol. The molecule has 0 bridgehead atoms. The molecule has 0 aliphatic heterocycles. The first-order valence-electron chi connectivity index (χ1n) is 22.7. The summed E-state index contributed by atoms with van der Waals surface area (Å²) in [5.74, 6) is 0.682. The number of benzene rings is 10. The standard InChI is InChI=1S/C63H39N3O/c1-4-18-40(19-5-1)43-24-16-27-46(36-43)63-65-55(41-20-6-2-7-21-41)39-56(66-63)50-35-34-47(48-28-10-11-29-49(48)50)44-25-17-26-45(37-44)59-60-51-30-12-14-32-54(51)64-62(42-22-8-3-9-23-42)53(60)38-58-61(59)52-31-13-15-33-57(52)67-58/h1-39H. The van der Waals surface area contributed by atoms with Gasteiger partial charge in [0.05, 0.1) is 22.6 Å². The van der Waals surface area contributed by atoms with Crippen molar-refractivity contribution in [2.75, 3.05) is 0 Å². The van der Waals surface area contributed by atoms with Crippen LogP contribution in [0.15, 0.2) is 241 Å². The normalized spacial score (nSPS) is 11.6. The molecule has 3 aromatic heterocycles. The maximum Gasteiger partial charge on any atom is 0.160 e. The van der Waals surface area contributed by atoms with Gasteiger partial charge in [0.25, 0.3) is 0 Å². The highest BCUT2D eigenvalue weighted by atomic mass is 16.3. The zero-order chi connectivity index (χ0) is 44.3. The van der Waals surface area contributed by atoms with E-state index in [1.807, 2.05) is 18.2 Å². The Morgan fingerprint density at radius 3 is 1.61 bits per heavy atom. The fourth-order valence-corrected chi connectivity index (χ4v) is 9.98. The Labute approximate surface area is 387 Å². The second-order valence-electron chi connectivity index (χ2n) is 17.1. The molecule has 4 nitrogen and oxygen atoms in total. The van der Waals surface area contributed by atoms with Crippen LogP contribution in [0, 0.1) is 0 Å². The maximum absolute atomic E-state index is 6.71. The predicted octanol–water partition coefficient (Wildman–Crippen LogP) is 16.9. The minimum absolute atomic E-state index is 0.682. The Morgan fingerprint density at radius 1 is 0.284 bits per heavy atom. The van der Waals surface area contributed by atoms with E-state index in [1.165, 1.54) is 0 Å². The molecule has 3 heterocycles. The molecule has 13 rings (SSSR count). The molecule has 13 aromatic rings. The summed E-state index contributed by atoms with van der Waals surface area (Å²) in [4.78, 5) is 15.9. The molecule has 0 aliphatic carbocycles. The van der Waals surface area contributed by atoms with Gasteiger partial charge in [0, 0.05) is 54.7 Å². The Hall–Kier alpha value is -8.99. The van der Waals surface area contributed by atoms with Crippen LogP contribution in [0.4, 0.5) is 0 Å². The number of nitrogens with zero attached hydrogens (tertiary/aromatic N) is 3. The summed E-state index contributed by atoms with van der Waals surface area (Å²) in [7, 11) is 0. The van der Waals surface area contributed by atoms with Crippen molar-refractivity contribution in [1.29, 1.82) is 0 Å². The van der Waals surface area contributed by atoms with E-state index in [-0.39, 0.29) is 0 Å². The summed E-state index contributed by atoms with van der Waals surface area (Å²) < 4.78 is 6.71. The van der Waals surface area contributed by atoms with E-state index in [4.69, 9.17) is 19.4 Å². The van der Waals surface area contributed by atoms with Crippen molar-refractivity contribution in [3.8, 4) is 78.5 Å². The molecular weight excluding hydrogens is 815 g/mol. The third-order valence-corrected chi connectivity index (χ3v) is 13.1. The van der Waals surface area contributed by atoms with Crippen LogP contribution in [0.5, 0.6) is 0 Å². The van der Waals surface area contributed by atoms with Crippen LogP contribution in [0.1, 0.15) is 0 Å². The summed E-state index contributed by atoms with van der Waals surface area (Å²) in [6, 6.07) is 83.3. The summed E-state index contributed by atoms with van der Waals surface area (Å²) in [6.07, 6.45) is 0. The number of aromatic nitrogens is 3. The molecule has 0 spiro atoms. The van der Waals surface area contributed by atoms with Gasteiger partial charge in [0.2, 0.25) is 0 Å². The van der Waals surface area contributed by atoms with Crippen molar-refractivity contribution < 1.29 is 4.42 Å². The number of hydrogen-bond acceptors (Lipinski definition) is 4. The predicted molar refractivity (Wildman–Crippen MR) is 278 cm³/mol. The van der Waals surface area contributed by atoms with Gasteiger partial charge < -0.3 is 4.42 Å². The smallest absolute Gasteiger partial charge is 0.160 e. The van der Waals surface area contributed by atoms with Gasteiger partial charge in [-0.15, -0.1) is 0 Å². The lowest BCUT2D eigenvalue weighted by atomic mass is 9.87. The molecule has 0 unspecified atom stereocenters. The van der Waals surface area contributed by atoms with Gasteiger partial charge >= 0.3 is 0 Å². The molecule has 0 atom stereocenters. The fraction of sp³-hybridized carbons (Fsp3) is 0. The third kappa shape index (κ3) is 6.65. The molecule has 0 aliphatic rings. The van der Waals surface area contributed by atoms with Crippen LogP contribution >= 0.6 is 0 Å². The first-order valence-corrected chi connectivity index (χ1v) is 22.7. The van der Waals surface area contributed by atoms with E-state index in [1.54, 1.807) is 0 Å². The Bertz CT molecular complexity index is 4030. The summed E-state index contributed by atoms with van der Waals surface area (Å²) >= 11 is 0. The van der Waals surface area contributed by atoms with Crippen molar-refractivity contribution >= 4 is 54.4 Å². The quantitative estimate of drug-likeness (QED) is 0.150. The summed E-state index contributed by atoms with van der Waals surface area (Å²) in [5, 5.41) is 7.75. The molecule has 67 heavy (non-hydrogen) atoms. The molecule has 0 saturated carbocycles. The molecule has 0 N–H and O–H groups in total. The third-order valence-electron chi connectivity index (χ3n) is 13.1. The highest BCUT2D eigenvalue weighted by Crippen LogP contribution is 2.47. The first kappa shape index (κ1) is 38.5. The van der Waals surface area contributed by atoms with E-state index in [2.05, 4.69) is 218 Å². The molecule has 0 radical (unpaired) electrons. The van der Waals surface area contributed by atoms with Gasteiger partial charge in [0.1, 0.15) is 11.2 Å². The number of pyridine rings is 1. The number of fused-ring (bicyclic) bond motifs is 7. The van der Waals surface area contributed by atoms with E-state index in [9.17, 15) is 0 Å². The van der Waals surface area contributed by atoms with Gasteiger partial charge in [-0.1, -0.05) is 200 Å². The Balaban J connectivity index is 1.01. The van der Waals surface area contributed by atoms with Crippen molar-refractivity contribution in [1.82, 2.24) is 15.0 Å². The van der Waals surface area contributed by atoms with Gasteiger partial charge in [-0.05, 0) is 75.0 Å². The van der Waals surface area contributed by atoms with E-state index < -0.39 is 0 Å². The summed E-state index contributed by atoms with van der Waals surface area (Å²) in [5.41, 5.74) is 16.2. The lowest BCUT2D eigenvalue weighted by molar-refractivity contribution is 0.669. The molecule has 0 saturated heterocycles. The lowest BCUT2D eigenvalue weighted by Gasteiger charge is -2.17. The van der Waals surface area contributed by atoms with Crippen molar-refractivity contribution in [2.24, 2.45) is 0 Å². The average Bonchev–Trinajstić information content (AvgIpc) is 3.78. The van der Waals surface area contributed by atoms with Gasteiger partial charge in [-0.25, -0.2) is 15.0 Å². The number of para-hydroxylation sites is 2. The first-order chi connectivity index (χ1) is 33.2. The number of hydrogen-bond donors (Lipinski definition) is 0. The van der Waals surface area contributed by atoms with Gasteiger partial charge in [-0.2, -0.15) is 0 Å². The zero-order valence-corrected chi connectivity index (χ0v) is 36.3. The van der Waals surface area contributed by atoms with E-state index in [0.29, 0.717) is 5.82 Å². The second-order valence-corrected chi connectivity index (χ2v) is 17.1. The largest absolute Gasteiger partial charge is 0.456 e. The van der Waals surface area contributed by atoms with Crippen molar-refractivity contribution in [3.63, 3.8) is 0 Å². The highest BCUT2D eigenvalue weighted by molar-refractivity contribution is 6.28. The number of rotatable bonds is 7. The van der Waals surface area contributed by atoms with Crippen LogP contribution in [0.25, 0.3) is 133 Å². The van der Waals surface area contributed by atoms with E-state index in [0.717, 1.165) is 127 Å². The molecule has 10 aromatic carbocycles. The molecule has 0 fully saturated rings. The molecule has 312 valence electrons. The molecule has 0 amide bonds. The average molecular weight is 854 g/mol. The maximum atomic E-state index is 6.71. The van der Waals surface area contributed by atoms with Crippen LogP contribution in [0.3, 0.4) is 0 Å². The highest BCUT2D eigenvalue weighted by Gasteiger charge is 2.23. The molecule has 4 heteroatoms. The fourth-order valence-electron chi connectivity index (χ4n) is 9.98. The lowest BCUT2D eigenvalue weighted by Crippen LogP contribution is -1.97. The van der Waals surface area contributed by atoms with Crippen LogP contribution in [-0.2, 0) is 0 Å². The minimum atomic E-state index is 0.682. The topological polar surface area (TPSA) is 51.8 Å². The molecular formula is C63H39N3O. The SMILES string of the molecule is c1ccc(-c2cccc(-c3nc(-c4ccccc4)cc(-c4ccc(-c5cccc(-c6c7c(cc8c(-c9ccccc9)nc9ccccc9c68)oc6ccccc67)c5)c5ccccc45)n3)c2)cc1. The van der Waals surface area contributed by atoms with Crippen LogP contribution in [-0.4, -0.2) is 15.0 Å².